The molecule has 0 aliphatic heterocycles. The Balaban J connectivity index is 1.68. The molecule has 0 saturated heterocycles. The highest BCUT2D eigenvalue weighted by Gasteiger charge is 2.09. The van der Waals surface area contributed by atoms with E-state index in [0.717, 1.165) is 0 Å². The average Bonchev–Trinajstić information content (AvgIpc) is 3.11. The average molecular weight is 391 g/mol. The van der Waals surface area contributed by atoms with Gasteiger partial charge in [-0.2, -0.15) is 0 Å². The first-order chi connectivity index (χ1) is 12.9. The van der Waals surface area contributed by atoms with Gasteiger partial charge < -0.3 is 15.1 Å². The molecule has 0 aliphatic carbocycles. The van der Waals surface area contributed by atoms with Gasteiger partial charge >= 0.3 is 11.9 Å². The zero-order valence-electron chi connectivity index (χ0n) is 13.9. The summed E-state index contributed by atoms with van der Waals surface area (Å²) in [5.41, 5.74) is 0.547. The zero-order valence-corrected chi connectivity index (χ0v) is 14.7. The lowest BCUT2D eigenvalue weighted by Gasteiger charge is -2.06. The second-order valence-electron chi connectivity index (χ2n) is 5.14. The number of amides is 2. The maximum atomic E-state index is 11.7. The Labute approximate surface area is 158 Å². The van der Waals surface area contributed by atoms with E-state index in [0.29, 0.717) is 16.5 Å². The largest absolute Gasteiger partial charge is 0.433 e. The molecule has 0 unspecified atom stereocenters. The molecule has 0 bridgehead atoms. The van der Waals surface area contributed by atoms with E-state index in [-0.39, 0.29) is 24.8 Å². The van der Waals surface area contributed by atoms with Gasteiger partial charge in [-0.05, 0) is 42.5 Å². The van der Waals surface area contributed by atoms with Crippen LogP contribution in [0.25, 0.3) is 6.08 Å². The molecule has 0 spiro atoms. The Hall–Kier alpha value is -3.46. The third-order valence-corrected chi connectivity index (χ3v) is 3.31. The van der Waals surface area contributed by atoms with E-state index in [4.69, 9.17) is 16.0 Å². The van der Waals surface area contributed by atoms with Gasteiger partial charge in [0.2, 0.25) is 0 Å². The topological polar surface area (TPSA) is 127 Å². The summed E-state index contributed by atoms with van der Waals surface area (Å²) < 4.78 is 4.92. The molecule has 0 radical (unpaired) electrons. The zero-order chi connectivity index (χ0) is 19.6. The standard InChI is InChI=1S/C17H15ClN4O5/c18-12-3-5-13(6-4-12)21-17(24)20-11-14(23)10-19-9-1-2-15-7-8-16(27-15)22(25)26/h1-9H,10-11H2,(H2,20,21,24)/b2-1+,19-9?. The molecule has 0 aliphatic rings. The Morgan fingerprint density at radius 1 is 1.22 bits per heavy atom. The lowest BCUT2D eigenvalue weighted by molar-refractivity contribution is -0.402. The van der Waals surface area contributed by atoms with Crippen LogP contribution in [0.1, 0.15) is 5.76 Å². The quantitative estimate of drug-likeness (QED) is 0.406. The third kappa shape index (κ3) is 7.12. The first-order valence-electron chi connectivity index (χ1n) is 7.67. The van der Waals surface area contributed by atoms with Crippen LogP contribution in [0.5, 0.6) is 0 Å². The maximum absolute atomic E-state index is 11.7. The van der Waals surface area contributed by atoms with Gasteiger partial charge in [0, 0.05) is 16.9 Å². The second-order valence-corrected chi connectivity index (χ2v) is 5.57. The minimum atomic E-state index is -0.639. The van der Waals surface area contributed by atoms with Crippen LogP contribution in [0.3, 0.4) is 0 Å². The number of nitrogens with one attached hydrogen (secondary N) is 2. The number of carbonyl (C=O) groups is 2. The van der Waals surface area contributed by atoms with Crippen molar-refractivity contribution in [3.05, 3.63) is 63.4 Å². The SMILES string of the molecule is O=C(CN=C/C=C/c1ccc([N+](=O)[O-])o1)CNC(=O)Nc1ccc(Cl)cc1. The molecular formula is C17H15ClN4O5. The highest BCUT2D eigenvalue weighted by molar-refractivity contribution is 6.30. The molecular weight excluding hydrogens is 376 g/mol. The molecule has 0 fully saturated rings. The van der Waals surface area contributed by atoms with Crippen molar-refractivity contribution in [1.82, 2.24) is 5.32 Å². The number of anilines is 1. The molecule has 2 amide bonds. The summed E-state index contributed by atoms with van der Waals surface area (Å²) in [4.78, 5) is 37.0. The lowest BCUT2D eigenvalue weighted by Crippen LogP contribution is -2.34. The van der Waals surface area contributed by atoms with Gasteiger partial charge in [-0.3, -0.25) is 19.9 Å². The fourth-order valence-corrected chi connectivity index (χ4v) is 1.95. The number of aliphatic imine (C=N–C) groups is 1. The van der Waals surface area contributed by atoms with Crippen molar-refractivity contribution < 1.29 is 18.9 Å². The van der Waals surface area contributed by atoms with Crippen LogP contribution in [0, 0.1) is 10.1 Å². The van der Waals surface area contributed by atoms with Crippen LogP contribution in [-0.4, -0.2) is 36.0 Å². The number of halogens is 1. The molecule has 0 atom stereocenters. The second kappa shape index (κ2) is 9.88. The minimum absolute atomic E-state index is 0.121. The number of urea groups is 1. The van der Waals surface area contributed by atoms with E-state index in [2.05, 4.69) is 15.6 Å². The molecule has 27 heavy (non-hydrogen) atoms. The minimum Gasteiger partial charge on any atom is -0.401 e. The molecule has 10 heteroatoms. The Morgan fingerprint density at radius 3 is 2.63 bits per heavy atom. The van der Waals surface area contributed by atoms with Crippen molar-refractivity contribution in [2.45, 2.75) is 0 Å². The van der Waals surface area contributed by atoms with E-state index >= 15 is 0 Å². The van der Waals surface area contributed by atoms with Crippen molar-refractivity contribution in [2.24, 2.45) is 4.99 Å². The number of ketones is 1. The van der Waals surface area contributed by atoms with Gasteiger partial charge in [-0.1, -0.05) is 11.6 Å². The van der Waals surface area contributed by atoms with Gasteiger partial charge in [0.05, 0.1) is 19.2 Å². The van der Waals surface area contributed by atoms with Crippen LogP contribution in [0.4, 0.5) is 16.4 Å². The number of nitrogens with zero attached hydrogens (tertiary/aromatic N) is 2. The van der Waals surface area contributed by atoms with Crippen molar-refractivity contribution in [3.63, 3.8) is 0 Å². The fourth-order valence-electron chi connectivity index (χ4n) is 1.83. The number of Topliss-reactive ketones (excluding diaryl/α,β-unsaturated/α-hetero) is 1. The Morgan fingerprint density at radius 2 is 1.96 bits per heavy atom. The number of benzene rings is 1. The van der Waals surface area contributed by atoms with Crippen molar-refractivity contribution in [3.8, 4) is 0 Å². The summed E-state index contributed by atoms with van der Waals surface area (Å²) in [5, 5.41) is 16.0. The molecule has 2 aromatic rings. The van der Waals surface area contributed by atoms with Crippen molar-refractivity contribution >= 4 is 47.3 Å². The molecule has 1 aromatic heterocycles. The number of hydrogen-bond donors (Lipinski definition) is 2. The van der Waals surface area contributed by atoms with E-state index in [9.17, 15) is 19.7 Å². The van der Waals surface area contributed by atoms with E-state index in [1.54, 1.807) is 24.3 Å². The summed E-state index contributed by atoms with van der Waals surface area (Å²) in [6.07, 6.45) is 4.31. The normalized spacial score (nSPS) is 11.0. The number of hydrogen-bond acceptors (Lipinski definition) is 6. The van der Waals surface area contributed by atoms with E-state index in [1.807, 2.05) is 0 Å². The van der Waals surface area contributed by atoms with Gasteiger partial charge in [0.15, 0.2) is 5.78 Å². The summed E-state index contributed by atoms with van der Waals surface area (Å²) >= 11 is 5.75. The molecule has 1 heterocycles. The molecule has 0 saturated carbocycles. The summed E-state index contributed by atoms with van der Waals surface area (Å²) in [7, 11) is 0. The molecule has 2 rings (SSSR count). The molecule has 2 N–H and O–H groups in total. The fraction of sp³-hybridized carbons (Fsp3) is 0.118. The van der Waals surface area contributed by atoms with Gasteiger partial charge in [-0.25, -0.2) is 4.79 Å². The predicted molar refractivity (Wildman–Crippen MR) is 101 cm³/mol. The Bertz CT molecular complexity index is 874. The number of furan rings is 1. The van der Waals surface area contributed by atoms with Gasteiger partial charge in [0.1, 0.15) is 10.7 Å². The first kappa shape index (κ1) is 19.9. The van der Waals surface area contributed by atoms with Crippen molar-refractivity contribution in [2.75, 3.05) is 18.4 Å². The molecule has 1 aromatic carbocycles. The molecule has 140 valence electrons. The maximum Gasteiger partial charge on any atom is 0.433 e. The van der Waals surface area contributed by atoms with Crippen LogP contribution >= 0.6 is 11.6 Å². The predicted octanol–water partition coefficient (Wildman–Crippen LogP) is 3.32. The highest BCUT2D eigenvalue weighted by atomic mass is 35.5. The van der Waals surface area contributed by atoms with E-state index in [1.165, 1.54) is 30.5 Å². The summed E-state index contributed by atoms with van der Waals surface area (Å²) in [6, 6.07) is 8.69. The van der Waals surface area contributed by atoms with Gasteiger partial charge in [-0.15, -0.1) is 0 Å². The summed E-state index contributed by atoms with van der Waals surface area (Å²) in [6.45, 7) is -0.297. The highest BCUT2D eigenvalue weighted by Crippen LogP contribution is 2.16. The number of carbonyl (C=O) groups excluding carboxylic acids is 2. The number of nitro groups is 1. The van der Waals surface area contributed by atoms with Crippen LogP contribution < -0.4 is 10.6 Å². The van der Waals surface area contributed by atoms with Crippen LogP contribution in [0.15, 0.2) is 51.9 Å². The van der Waals surface area contributed by atoms with Crippen LogP contribution in [0.2, 0.25) is 5.02 Å². The van der Waals surface area contributed by atoms with Gasteiger partial charge in [0.25, 0.3) is 0 Å². The number of allylic oxidation sites excluding steroid dienone is 1. The first-order valence-corrected chi connectivity index (χ1v) is 8.04. The van der Waals surface area contributed by atoms with Crippen molar-refractivity contribution in [1.29, 1.82) is 0 Å². The van der Waals surface area contributed by atoms with E-state index < -0.39 is 11.0 Å². The lowest BCUT2D eigenvalue weighted by atomic mass is 10.3. The Kier molecular flexibility index (Phi) is 7.26. The molecule has 9 nitrogen and oxygen atoms in total. The monoisotopic (exact) mass is 390 g/mol. The third-order valence-electron chi connectivity index (χ3n) is 3.06. The van der Waals surface area contributed by atoms with Crippen LogP contribution in [-0.2, 0) is 4.79 Å². The number of rotatable bonds is 8. The summed E-state index contributed by atoms with van der Waals surface area (Å²) in [5.74, 6) is -0.357. The smallest absolute Gasteiger partial charge is 0.401 e.